The molecule has 1 aromatic carbocycles. The summed E-state index contributed by atoms with van der Waals surface area (Å²) in [5, 5.41) is 6.56. The predicted molar refractivity (Wildman–Crippen MR) is 118 cm³/mol. The molecule has 0 aliphatic carbocycles. The molecule has 3 aromatic rings. The topological polar surface area (TPSA) is 80.7 Å². The van der Waals surface area contributed by atoms with Gasteiger partial charge in [0, 0.05) is 27.2 Å². The van der Waals surface area contributed by atoms with Crippen LogP contribution in [0.25, 0.3) is 11.2 Å². The summed E-state index contributed by atoms with van der Waals surface area (Å²) in [4.78, 5) is 32.1. The number of aromatic nitrogens is 4. The van der Waals surface area contributed by atoms with Crippen LogP contribution in [0.3, 0.4) is 0 Å². The maximum absolute atomic E-state index is 12.9. The fraction of sp³-hybridized carbons (Fsp3) is 0.429. The van der Waals surface area contributed by atoms with Crippen LogP contribution in [-0.2, 0) is 20.6 Å². The van der Waals surface area contributed by atoms with Crippen LogP contribution < -0.4 is 16.3 Å². The number of aryl methyl sites for hydroxylation is 1. The van der Waals surface area contributed by atoms with Gasteiger partial charge < -0.3 is 4.90 Å². The minimum atomic E-state index is -0.387. The lowest BCUT2D eigenvalue weighted by atomic mass is 10.2. The molecule has 1 unspecified atom stereocenters. The van der Waals surface area contributed by atoms with E-state index in [9.17, 15) is 9.59 Å². The highest BCUT2D eigenvalue weighted by atomic mass is 16.2. The highest BCUT2D eigenvalue weighted by Gasteiger charge is 2.30. The number of hydrogen-bond acceptors (Lipinski definition) is 6. The van der Waals surface area contributed by atoms with E-state index in [0.29, 0.717) is 23.7 Å². The molecule has 0 amide bonds. The average Bonchev–Trinajstić information content (AvgIpc) is 3.14. The first-order valence-electron chi connectivity index (χ1n) is 10.0. The zero-order valence-electron chi connectivity index (χ0n) is 18.0. The Kier molecular flexibility index (Phi) is 5.07. The molecule has 0 saturated heterocycles. The second kappa shape index (κ2) is 7.56. The SMILES string of the molecule is CC1=NN(CCN(C)Cc2ccccc2)c2nc3c(c(=O)n(C)c(=O)n3C)n2C1C. The lowest BCUT2D eigenvalue weighted by Crippen LogP contribution is -2.39. The summed E-state index contributed by atoms with van der Waals surface area (Å²) in [6.45, 7) is 6.16. The summed E-state index contributed by atoms with van der Waals surface area (Å²) >= 11 is 0. The molecule has 1 atom stereocenters. The second-order valence-electron chi connectivity index (χ2n) is 7.92. The molecular weight excluding hydrogens is 382 g/mol. The van der Waals surface area contributed by atoms with Crippen LogP contribution in [0.15, 0.2) is 45.0 Å². The lowest BCUT2D eigenvalue weighted by molar-refractivity contribution is 0.331. The van der Waals surface area contributed by atoms with E-state index in [1.165, 1.54) is 17.2 Å². The number of hydrazone groups is 1. The molecule has 9 nitrogen and oxygen atoms in total. The van der Waals surface area contributed by atoms with Crippen molar-refractivity contribution in [3.8, 4) is 0 Å². The molecule has 0 N–H and O–H groups in total. The Morgan fingerprint density at radius 1 is 1.10 bits per heavy atom. The number of fused-ring (bicyclic) bond motifs is 3. The summed E-state index contributed by atoms with van der Waals surface area (Å²) in [5.74, 6) is 0.592. The molecule has 1 aliphatic rings. The molecule has 1 aliphatic heterocycles. The highest BCUT2D eigenvalue weighted by Crippen LogP contribution is 2.29. The fourth-order valence-corrected chi connectivity index (χ4v) is 3.85. The van der Waals surface area contributed by atoms with Crippen LogP contribution >= 0.6 is 0 Å². The van der Waals surface area contributed by atoms with Crippen molar-refractivity contribution in [3.05, 3.63) is 56.7 Å². The van der Waals surface area contributed by atoms with Gasteiger partial charge in [0.2, 0.25) is 5.95 Å². The summed E-state index contributed by atoms with van der Waals surface area (Å²) < 4.78 is 4.45. The van der Waals surface area contributed by atoms with Crippen molar-refractivity contribution in [2.45, 2.75) is 26.4 Å². The van der Waals surface area contributed by atoms with Gasteiger partial charge in [0.25, 0.3) is 5.56 Å². The number of benzene rings is 1. The van der Waals surface area contributed by atoms with Crippen molar-refractivity contribution < 1.29 is 0 Å². The van der Waals surface area contributed by atoms with Gasteiger partial charge in [-0.05, 0) is 26.5 Å². The van der Waals surface area contributed by atoms with Crippen LogP contribution in [0.4, 0.5) is 5.95 Å². The zero-order chi connectivity index (χ0) is 21.6. The number of likely N-dealkylation sites (N-methyl/N-ethyl adjacent to an activating group) is 1. The van der Waals surface area contributed by atoms with Crippen molar-refractivity contribution in [1.29, 1.82) is 0 Å². The summed E-state index contributed by atoms with van der Waals surface area (Å²) in [6, 6.07) is 10.2. The van der Waals surface area contributed by atoms with Gasteiger partial charge in [0.15, 0.2) is 11.2 Å². The third-order valence-corrected chi connectivity index (χ3v) is 5.76. The standard InChI is InChI=1S/C21H27N7O2/c1-14-15(2)28-17-18(25(4)21(30)26(5)19(17)29)22-20(28)27(23-14)12-11-24(3)13-16-9-7-6-8-10-16/h6-10,15H,11-13H2,1-5H3. The Labute approximate surface area is 174 Å². The minimum absolute atomic E-state index is 0.117. The van der Waals surface area contributed by atoms with Crippen LogP contribution in [-0.4, -0.2) is 49.4 Å². The normalized spacial score (nSPS) is 16.3. The number of imidazole rings is 1. The average molecular weight is 409 g/mol. The Balaban J connectivity index is 1.68. The second-order valence-corrected chi connectivity index (χ2v) is 7.92. The van der Waals surface area contributed by atoms with Gasteiger partial charge in [-0.25, -0.2) is 9.80 Å². The first kappa shape index (κ1) is 20.1. The molecule has 9 heteroatoms. The van der Waals surface area contributed by atoms with E-state index in [1.807, 2.05) is 41.6 Å². The van der Waals surface area contributed by atoms with Crippen LogP contribution in [0.2, 0.25) is 0 Å². The molecule has 0 fully saturated rings. The molecule has 2 aromatic heterocycles. The highest BCUT2D eigenvalue weighted by molar-refractivity contribution is 5.91. The van der Waals surface area contributed by atoms with E-state index in [-0.39, 0.29) is 17.3 Å². The monoisotopic (exact) mass is 409 g/mol. The van der Waals surface area contributed by atoms with Gasteiger partial charge >= 0.3 is 5.69 Å². The van der Waals surface area contributed by atoms with E-state index < -0.39 is 0 Å². The molecule has 0 saturated carbocycles. The minimum Gasteiger partial charge on any atom is -0.300 e. The quantitative estimate of drug-likeness (QED) is 0.635. The first-order chi connectivity index (χ1) is 14.3. The van der Waals surface area contributed by atoms with E-state index in [1.54, 1.807) is 7.05 Å². The first-order valence-corrected chi connectivity index (χ1v) is 10.0. The third kappa shape index (κ3) is 3.24. The van der Waals surface area contributed by atoms with Gasteiger partial charge in [-0.3, -0.25) is 18.5 Å². The number of anilines is 1. The Bertz CT molecular complexity index is 1240. The number of rotatable bonds is 5. The van der Waals surface area contributed by atoms with Gasteiger partial charge in [-0.1, -0.05) is 30.3 Å². The van der Waals surface area contributed by atoms with Crippen LogP contribution in [0, 0.1) is 0 Å². The fourth-order valence-electron chi connectivity index (χ4n) is 3.85. The van der Waals surface area contributed by atoms with E-state index >= 15 is 0 Å². The smallest absolute Gasteiger partial charge is 0.300 e. The zero-order valence-corrected chi connectivity index (χ0v) is 18.0. The largest absolute Gasteiger partial charge is 0.332 e. The molecule has 30 heavy (non-hydrogen) atoms. The van der Waals surface area contributed by atoms with Gasteiger partial charge in [0.05, 0.1) is 18.3 Å². The van der Waals surface area contributed by atoms with Gasteiger partial charge in [-0.15, -0.1) is 0 Å². The van der Waals surface area contributed by atoms with E-state index in [2.05, 4.69) is 29.1 Å². The summed E-state index contributed by atoms with van der Waals surface area (Å²) in [5.41, 5.74) is 2.23. The molecule has 0 radical (unpaired) electrons. The van der Waals surface area contributed by atoms with Crippen molar-refractivity contribution >= 4 is 22.8 Å². The number of nitrogens with zero attached hydrogens (tertiary/aromatic N) is 7. The maximum Gasteiger partial charge on any atom is 0.332 e. The predicted octanol–water partition coefficient (Wildman–Crippen LogP) is 1.32. The van der Waals surface area contributed by atoms with E-state index in [4.69, 9.17) is 5.10 Å². The van der Waals surface area contributed by atoms with Crippen molar-refractivity contribution in [2.75, 3.05) is 25.1 Å². The van der Waals surface area contributed by atoms with Gasteiger partial charge in [0.1, 0.15) is 0 Å². The van der Waals surface area contributed by atoms with Crippen LogP contribution in [0.1, 0.15) is 25.5 Å². The Morgan fingerprint density at radius 2 is 1.80 bits per heavy atom. The van der Waals surface area contributed by atoms with E-state index in [0.717, 1.165) is 23.4 Å². The maximum atomic E-state index is 12.9. The number of hydrogen-bond donors (Lipinski definition) is 0. The lowest BCUT2D eigenvalue weighted by Gasteiger charge is -2.30. The molecule has 158 valence electrons. The summed E-state index contributed by atoms with van der Waals surface area (Å²) in [6.07, 6.45) is 0. The molecule has 0 spiro atoms. The third-order valence-electron chi connectivity index (χ3n) is 5.76. The Morgan fingerprint density at radius 3 is 2.50 bits per heavy atom. The van der Waals surface area contributed by atoms with Crippen molar-refractivity contribution in [3.63, 3.8) is 0 Å². The Hall–Kier alpha value is -3.20. The van der Waals surface area contributed by atoms with Gasteiger partial charge in [-0.2, -0.15) is 10.1 Å². The molecule has 3 heterocycles. The summed E-state index contributed by atoms with van der Waals surface area (Å²) in [7, 11) is 5.20. The molecule has 4 rings (SSSR count). The molecular formula is C21H27N7O2. The van der Waals surface area contributed by atoms with Crippen molar-refractivity contribution in [2.24, 2.45) is 19.2 Å². The molecule has 0 bridgehead atoms. The van der Waals surface area contributed by atoms with Crippen molar-refractivity contribution in [1.82, 2.24) is 23.6 Å². The van der Waals surface area contributed by atoms with Crippen LogP contribution in [0.5, 0.6) is 0 Å².